The van der Waals surface area contributed by atoms with Crippen LogP contribution >= 0.6 is 0 Å². The predicted octanol–water partition coefficient (Wildman–Crippen LogP) is 4.15. The second-order valence-corrected chi connectivity index (χ2v) is 5.12. The Labute approximate surface area is 116 Å². The molecule has 0 aliphatic rings. The summed E-state index contributed by atoms with van der Waals surface area (Å²) in [5, 5.41) is 2.30. The van der Waals surface area contributed by atoms with Crippen LogP contribution in [0.2, 0.25) is 0 Å². The number of rotatable bonds is 2. The molecule has 0 amide bonds. The lowest BCUT2D eigenvalue weighted by Gasteiger charge is -2.04. The van der Waals surface area contributed by atoms with Gasteiger partial charge in [0.2, 0.25) is 0 Å². The molecule has 0 N–H and O–H groups in total. The molecule has 0 unspecified atom stereocenters. The third-order valence-electron chi connectivity index (χ3n) is 3.75. The standard InChI is InChI=1S/C17H15N3/c1-2-9-20-11-18-17-13-10-12-5-3-4-6-14(12)19-15(13)7-8-16(17)20/h3-8,10-11H,2,9H2,1H3. The largest absolute Gasteiger partial charge is 0.331 e. The number of fused-ring (bicyclic) bond motifs is 4. The van der Waals surface area contributed by atoms with E-state index in [1.807, 2.05) is 18.5 Å². The van der Waals surface area contributed by atoms with Crippen LogP contribution in [0.3, 0.4) is 0 Å². The monoisotopic (exact) mass is 261 g/mol. The first kappa shape index (κ1) is 11.4. The van der Waals surface area contributed by atoms with Crippen molar-refractivity contribution in [3.05, 3.63) is 48.8 Å². The maximum absolute atomic E-state index is 4.73. The second kappa shape index (κ2) is 4.30. The number of nitrogens with zero attached hydrogens (tertiary/aromatic N) is 3. The van der Waals surface area contributed by atoms with Crippen LogP contribution in [-0.2, 0) is 6.54 Å². The average Bonchev–Trinajstić information content (AvgIpc) is 2.89. The predicted molar refractivity (Wildman–Crippen MR) is 82.8 cm³/mol. The molecule has 0 aliphatic heterocycles. The molecule has 3 nitrogen and oxygen atoms in total. The van der Waals surface area contributed by atoms with Crippen LogP contribution in [0.4, 0.5) is 0 Å². The minimum atomic E-state index is 1.00. The molecule has 0 atom stereocenters. The number of hydrogen-bond acceptors (Lipinski definition) is 2. The van der Waals surface area contributed by atoms with Gasteiger partial charge in [0.25, 0.3) is 0 Å². The van der Waals surface area contributed by atoms with E-state index in [0.29, 0.717) is 0 Å². The average molecular weight is 261 g/mol. The molecule has 0 radical (unpaired) electrons. The van der Waals surface area contributed by atoms with Crippen molar-refractivity contribution in [3.8, 4) is 0 Å². The highest BCUT2D eigenvalue weighted by Crippen LogP contribution is 2.26. The van der Waals surface area contributed by atoms with Crippen molar-refractivity contribution in [1.82, 2.24) is 14.5 Å². The Morgan fingerprint density at radius 2 is 1.95 bits per heavy atom. The van der Waals surface area contributed by atoms with Crippen LogP contribution in [0.25, 0.3) is 32.8 Å². The molecular weight excluding hydrogens is 246 g/mol. The van der Waals surface area contributed by atoms with Gasteiger partial charge in [0.1, 0.15) is 0 Å². The zero-order valence-electron chi connectivity index (χ0n) is 11.4. The Morgan fingerprint density at radius 3 is 2.85 bits per heavy atom. The number of imidazole rings is 1. The van der Waals surface area contributed by atoms with Crippen molar-refractivity contribution in [2.75, 3.05) is 0 Å². The summed E-state index contributed by atoms with van der Waals surface area (Å²) in [4.78, 5) is 9.33. The summed E-state index contributed by atoms with van der Waals surface area (Å²) in [6.45, 7) is 3.19. The van der Waals surface area contributed by atoms with Gasteiger partial charge in [-0.2, -0.15) is 0 Å². The zero-order valence-corrected chi connectivity index (χ0v) is 11.4. The molecule has 4 aromatic rings. The lowest BCUT2D eigenvalue weighted by atomic mass is 10.1. The van der Waals surface area contributed by atoms with Crippen molar-refractivity contribution in [2.45, 2.75) is 19.9 Å². The van der Waals surface area contributed by atoms with E-state index in [-0.39, 0.29) is 0 Å². The molecule has 98 valence electrons. The number of aromatic nitrogens is 3. The van der Waals surface area contributed by atoms with Crippen molar-refractivity contribution in [3.63, 3.8) is 0 Å². The Bertz CT molecular complexity index is 921. The van der Waals surface area contributed by atoms with Crippen molar-refractivity contribution in [1.29, 1.82) is 0 Å². The van der Waals surface area contributed by atoms with Gasteiger partial charge in [0.05, 0.1) is 28.4 Å². The van der Waals surface area contributed by atoms with Gasteiger partial charge in [-0.1, -0.05) is 25.1 Å². The SMILES string of the molecule is CCCn1cnc2c3cc4ccccc4nc3ccc21. The molecule has 0 bridgehead atoms. The number of pyridine rings is 1. The van der Waals surface area contributed by atoms with Crippen LogP contribution in [0, 0.1) is 0 Å². The highest BCUT2D eigenvalue weighted by molar-refractivity contribution is 6.06. The van der Waals surface area contributed by atoms with Crippen LogP contribution in [0.1, 0.15) is 13.3 Å². The Kier molecular flexibility index (Phi) is 2.46. The quantitative estimate of drug-likeness (QED) is 0.507. The number of para-hydroxylation sites is 1. The fourth-order valence-electron chi connectivity index (χ4n) is 2.80. The Morgan fingerprint density at radius 1 is 1.05 bits per heavy atom. The summed E-state index contributed by atoms with van der Waals surface area (Å²) in [6.07, 6.45) is 3.04. The van der Waals surface area contributed by atoms with Gasteiger partial charge in [0, 0.05) is 17.3 Å². The van der Waals surface area contributed by atoms with Gasteiger partial charge in [-0.05, 0) is 30.7 Å². The van der Waals surface area contributed by atoms with Crippen molar-refractivity contribution in [2.24, 2.45) is 0 Å². The summed E-state index contributed by atoms with van der Waals surface area (Å²) in [5.74, 6) is 0. The first-order valence-corrected chi connectivity index (χ1v) is 7.00. The van der Waals surface area contributed by atoms with E-state index in [1.165, 1.54) is 5.52 Å². The van der Waals surface area contributed by atoms with Crippen molar-refractivity contribution >= 4 is 32.8 Å². The molecule has 2 aromatic heterocycles. The smallest absolute Gasteiger partial charge is 0.0978 e. The third-order valence-corrected chi connectivity index (χ3v) is 3.75. The number of aryl methyl sites for hydroxylation is 1. The summed E-state index contributed by atoms with van der Waals surface area (Å²) < 4.78 is 2.21. The summed E-state index contributed by atoms with van der Waals surface area (Å²) in [5.41, 5.74) is 4.29. The maximum Gasteiger partial charge on any atom is 0.0978 e. The van der Waals surface area contributed by atoms with Crippen LogP contribution in [-0.4, -0.2) is 14.5 Å². The van der Waals surface area contributed by atoms with Crippen LogP contribution in [0.15, 0.2) is 48.8 Å². The molecule has 20 heavy (non-hydrogen) atoms. The van der Waals surface area contributed by atoms with E-state index in [2.05, 4.69) is 46.8 Å². The molecule has 0 saturated heterocycles. The van der Waals surface area contributed by atoms with Crippen LogP contribution in [0.5, 0.6) is 0 Å². The molecule has 2 heterocycles. The van der Waals surface area contributed by atoms with E-state index < -0.39 is 0 Å². The molecule has 4 rings (SSSR count). The Hall–Kier alpha value is -2.42. The normalized spacial score (nSPS) is 11.7. The van der Waals surface area contributed by atoms with Gasteiger partial charge in [-0.3, -0.25) is 0 Å². The van der Waals surface area contributed by atoms with E-state index in [9.17, 15) is 0 Å². The minimum Gasteiger partial charge on any atom is -0.331 e. The maximum atomic E-state index is 4.73. The highest BCUT2D eigenvalue weighted by atomic mass is 15.0. The number of benzene rings is 2. The van der Waals surface area contributed by atoms with Crippen molar-refractivity contribution < 1.29 is 0 Å². The highest BCUT2D eigenvalue weighted by Gasteiger charge is 2.08. The summed E-state index contributed by atoms with van der Waals surface area (Å²) >= 11 is 0. The third kappa shape index (κ3) is 1.59. The van der Waals surface area contributed by atoms with E-state index in [4.69, 9.17) is 4.98 Å². The van der Waals surface area contributed by atoms with Gasteiger partial charge < -0.3 is 4.57 Å². The van der Waals surface area contributed by atoms with Gasteiger partial charge in [-0.25, -0.2) is 9.97 Å². The fraction of sp³-hybridized carbons (Fsp3) is 0.176. The van der Waals surface area contributed by atoms with Gasteiger partial charge in [-0.15, -0.1) is 0 Å². The molecular formula is C17H15N3. The lowest BCUT2D eigenvalue weighted by molar-refractivity contribution is 0.697. The van der Waals surface area contributed by atoms with Gasteiger partial charge >= 0.3 is 0 Å². The molecule has 0 saturated carbocycles. The Balaban J connectivity index is 2.10. The zero-order chi connectivity index (χ0) is 13.5. The van der Waals surface area contributed by atoms with E-state index in [1.54, 1.807) is 0 Å². The first-order chi connectivity index (χ1) is 9.86. The molecule has 0 fully saturated rings. The minimum absolute atomic E-state index is 1.00. The second-order valence-electron chi connectivity index (χ2n) is 5.12. The van der Waals surface area contributed by atoms with Crippen LogP contribution < -0.4 is 0 Å². The van der Waals surface area contributed by atoms with Gasteiger partial charge in [0.15, 0.2) is 0 Å². The fourth-order valence-corrected chi connectivity index (χ4v) is 2.80. The summed E-state index contributed by atoms with van der Waals surface area (Å²) in [7, 11) is 0. The first-order valence-electron chi connectivity index (χ1n) is 7.00. The lowest BCUT2D eigenvalue weighted by Crippen LogP contribution is -1.93. The molecule has 2 aromatic carbocycles. The summed E-state index contributed by atoms with van der Waals surface area (Å²) in [6, 6.07) is 14.6. The van der Waals surface area contributed by atoms with E-state index >= 15 is 0 Å². The molecule has 3 heteroatoms. The molecule has 0 aliphatic carbocycles. The number of hydrogen-bond donors (Lipinski definition) is 0. The topological polar surface area (TPSA) is 30.7 Å². The van der Waals surface area contributed by atoms with E-state index in [0.717, 1.165) is 40.3 Å². The molecule has 0 spiro atoms.